The standard InChI is InChI=1S/C14H19NS2/c1-10-5-6-12-13(11(10)2)14(7-15-12,8-16-3)9-17-4/h5-7H,8-9H2,1-4H3. The van der Waals surface area contributed by atoms with Crippen LogP contribution in [0.25, 0.3) is 0 Å². The highest BCUT2D eigenvalue weighted by Gasteiger charge is 2.37. The monoisotopic (exact) mass is 265 g/mol. The van der Waals surface area contributed by atoms with Crippen molar-refractivity contribution in [3.63, 3.8) is 0 Å². The maximum Gasteiger partial charge on any atom is 0.0670 e. The van der Waals surface area contributed by atoms with E-state index in [4.69, 9.17) is 0 Å². The number of benzene rings is 1. The van der Waals surface area contributed by atoms with Crippen LogP contribution in [0.2, 0.25) is 0 Å². The number of aliphatic imine (C=N–C) groups is 1. The first-order chi connectivity index (χ1) is 8.14. The van der Waals surface area contributed by atoms with Gasteiger partial charge in [0, 0.05) is 17.7 Å². The molecule has 0 amide bonds. The van der Waals surface area contributed by atoms with Crippen LogP contribution < -0.4 is 0 Å². The van der Waals surface area contributed by atoms with Gasteiger partial charge in [-0.1, -0.05) is 6.07 Å². The summed E-state index contributed by atoms with van der Waals surface area (Å²) in [6.07, 6.45) is 6.54. The van der Waals surface area contributed by atoms with Crippen LogP contribution in [-0.4, -0.2) is 30.2 Å². The van der Waals surface area contributed by atoms with Gasteiger partial charge in [0.1, 0.15) is 0 Å². The Hall–Kier alpha value is -0.410. The summed E-state index contributed by atoms with van der Waals surface area (Å²) in [5.41, 5.74) is 5.57. The minimum absolute atomic E-state index is 0.143. The smallest absolute Gasteiger partial charge is 0.0670 e. The van der Waals surface area contributed by atoms with Crippen LogP contribution in [0.5, 0.6) is 0 Å². The molecule has 0 saturated carbocycles. The number of hydrogen-bond acceptors (Lipinski definition) is 3. The topological polar surface area (TPSA) is 12.4 Å². The lowest BCUT2D eigenvalue weighted by Crippen LogP contribution is -2.32. The van der Waals surface area contributed by atoms with Crippen molar-refractivity contribution < 1.29 is 0 Å². The minimum atomic E-state index is 0.143. The number of aryl methyl sites for hydroxylation is 1. The summed E-state index contributed by atoms with van der Waals surface area (Å²) >= 11 is 3.82. The number of hydrogen-bond donors (Lipinski definition) is 0. The van der Waals surface area contributed by atoms with Gasteiger partial charge < -0.3 is 0 Å². The maximum absolute atomic E-state index is 4.64. The quantitative estimate of drug-likeness (QED) is 0.816. The SMILES string of the molecule is CSCC1(CSC)C=Nc2ccc(C)c(C)c21. The van der Waals surface area contributed by atoms with E-state index >= 15 is 0 Å². The lowest BCUT2D eigenvalue weighted by Gasteiger charge is -2.28. The van der Waals surface area contributed by atoms with Gasteiger partial charge in [0.15, 0.2) is 0 Å². The average molecular weight is 265 g/mol. The zero-order valence-electron chi connectivity index (χ0n) is 10.9. The van der Waals surface area contributed by atoms with Crippen molar-refractivity contribution in [1.82, 2.24) is 0 Å². The van der Waals surface area contributed by atoms with Crippen molar-refractivity contribution in [2.45, 2.75) is 19.3 Å². The zero-order valence-corrected chi connectivity index (χ0v) is 12.5. The molecule has 0 radical (unpaired) electrons. The summed E-state index contributed by atoms with van der Waals surface area (Å²) in [4.78, 5) is 4.64. The molecule has 1 aliphatic heterocycles. The Balaban J connectivity index is 2.55. The second kappa shape index (κ2) is 5.07. The van der Waals surface area contributed by atoms with Crippen LogP contribution in [0.4, 0.5) is 5.69 Å². The second-order valence-corrected chi connectivity index (χ2v) is 6.41. The van der Waals surface area contributed by atoms with E-state index < -0.39 is 0 Å². The molecule has 1 heterocycles. The summed E-state index contributed by atoms with van der Waals surface area (Å²) in [6, 6.07) is 4.34. The summed E-state index contributed by atoms with van der Waals surface area (Å²) in [7, 11) is 0. The molecular formula is C14H19NS2. The van der Waals surface area contributed by atoms with Gasteiger partial charge in [-0.15, -0.1) is 0 Å². The summed E-state index contributed by atoms with van der Waals surface area (Å²) < 4.78 is 0. The van der Waals surface area contributed by atoms with E-state index in [2.05, 4.69) is 49.7 Å². The summed E-state index contributed by atoms with van der Waals surface area (Å²) in [6.45, 7) is 4.43. The van der Waals surface area contributed by atoms with Crippen LogP contribution >= 0.6 is 23.5 Å². The first kappa shape index (κ1) is 13.0. The van der Waals surface area contributed by atoms with Crippen LogP contribution in [-0.2, 0) is 5.41 Å². The molecule has 0 aromatic heterocycles. The Morgan fingerprint density at radius 2 is 1.76 bits per heavy atom. The molecule has 3 heteroatoms. The van der Waals surface area contributed by atoms with E-state index in [0.29, 0.717) is 0 Å². The fraction of sp³-hybridized carbons (Fsp3) is 0.500. The Morgan fingerprint density at radius 3 is 2.35 bits per heavy atom. The Morgan fingerprint density at radius 1 is 1.12 bits per heavy atom. The molecule has 0 bridgehead atoms. The number of fused-ring (bicyclic) bond motifs is 1. The molecule has 0 unspecified atom stereocenters. The van der Waals surface area contributed by atoms with Gasteiger partial charge in [0.2, 0.25) is 0 Å². The van der Waals surface area contributed by atoms with Gasteiger partial charge in [-0.05, 0) is 49.1 Å². The lowest BCUT2D eigenvalue weighted by molar-refractivity contribution is 0.773. The molecule has 1 aromatic rings. The molecule has 1 nitrogen and oxygen atoms in total. The van der Waals surface area contributed by atoms with Gasteiger partial charge in [-0.25, -0.2) is 0 Å². The molecule has 0 N–H and O–H groups in total. The van der Waals surface area contributed by atoms with E-state index in [0.717, 1.165) is 11.5 Å². The van der Waals surface area contributed by atoms with Gasteiger partial charge in [0.05, 0.1) is 11.1 Å². The third kappa shape index (κ3) is 2.15. The molecule has 1 aliphatic rings. The Kier molecular flexibility index (Phi) is 3.88. The fourth-order valence-corrected chi connectivity index (χ4v) is 4.37. The predicted octanol–water partition coefficient (Wildman–Crippen LogP) is 3.98. The fourth-order valence-electron chi connectivity index (χ4n) is 2.57. The van der Waals surface area contributed by atoms with Gasteiger partial charge >= 0.3 is 0 Å². The molecule has 0 spiro atoms. The zero-order chi connectivity index (χ0) is 12.5. The van der Waals surface area contributed by atoms with E-state index in [9.17, 15) is 0 Å². The maximum atomic E-state index is 4.64. The molecular weight excluding hydrogens is 246 g/mol. The van der Waals surface area contributed by atoms with E-state index in [1.54, 1.807) is 0 Å². The minimum Gasteiger partial charge on any atom is -0.260 e. The average Bonchev–Trinajstić information content (AvgIpc) is 2.65. The number of rotatable bonds is 4. The predicted molar refractivity (Wildman–Crippen MR) is 82.5 cm³/mol. The number of nitrogens with zero attached hydrogens (tertiary/aromatic N) is 1. The summed E-state index contributed by atoms with van der Waals surface area (Å²) in [5, 5.41) is 0. The van der Waals surface area contributed by atoms with Crippen LogP contribution in [0.1, 0.15) is 16.7 Å². The molecule has 92 valence electrons. The third-order valence-corrected chi connectivity index (χ3v) is 5.07. The molecule has 0 atom stereocenters. The lowest BCUT2D eigenvalue weighted by atomic mass is 9.82. The van der Waals surface area contributed by atoms with Crippen molar-refractivity contribution in [2.24, 2.45) is 4.99 Å². The Bertz CT molecular complexity index is 446. The van der Waals surface area contributed by atoms with Crippen molar-refractivity contribution in [3.05, 3.63) is 28.8 Å². The molecule has 0 aliphatic carbocycles. The van der Waals surface area contributed by atoms with Crippen molar-refractivity contribution in [2.75, 3.05) is 24.0 Å². The highest BCUT2D eigenvalue weighted by atomic mass is 32.2. The molecule has 2 rings (SSSR count). The first-order valence-corrected chi connectivity index (χ1v) is 8.57. The third-order valence-electron chi connectivity index (χ3n) is 3.47. The largest absolute Gasteiger partial charge is 0.260 e. The molecule has 17 heavy (non-hydrogen) atoms. The molecule has 0 fully saturated rings. The van der Waals surface area contributed by atoms with Gasteiger partial charge in [0.25, 0.3) is 0 Å². The van der Waals surface area contributed by atoms with Crippen molar-refractivity contribution in [3.8, 4) is 0 Å². The van der Waals surface area contributed by atoms with Crippen LogP contribution in [0.3, 0.4) is 0 Å². The van der Waals surface area contributed by atoms with Gasteiger partial charge in [-0.2, -0.15) is 23.5 Å². The van der Waals surface area contributed by atoms with E-state index in [1.165, 1.54) is 22.4 Å². The first-order valence-electron chi connectivity index (χ1n) is 5.78. The van der Waals surface area contributed by atoms with Gasteiger partial charge in [-0.3, -0.25) is 4.99 Å². The van der Waals surface area contributed by atoms with E-state index in [1.807, 2.05) is 23.5 Å². The highest BCUT2D eigenvalue weighted by Crippen LogP contribution is 2.43. The second-order valence-electron chi connectivity index (χ2n) is 4.68. The molecule has 0 saturated heterocycles. The van der Waals surface area contributed by atoms with Crippen LogP contribution in [0, 0.1) is 13.8 Å². The van der Waals surface area contributed by atoms with E-state index in [-0.39, 0.29) is 5.41 Å². The summed E-state index contributed by atoms with van der Waals surface area (Å²) in [5.74, 6) is 2.24. The number of thioether (sulfide) groups is 2. The highest BCUT2D eigenvalue weighted by molar-refractivity contribution is 7.99. The molecule has 1 aromatic carbocycles. The normalized spacial score (nSPS) is 16.2. The Labute approximate surface area is 112 Å². The van der Waals surface area contributed by atoms with Crippen LogP contribution in [0.15, 0.2) is 17.1 Å². The van der Waals surface area contributed by atoms with Crippen molar-refractivity contribution in [1.29, 1.82) is 0 Å². The van der Waals surface area contributed by atoms with Crippen molar-refractivity contribution >= 4 is 35.4 Å².